The highest BCUT2D eigenvalue weighted by Gasteiger charge is 2.39. The van der Waals surface area contributed by atoms with Crippen LogP contribution in [0.15, 0.2) is 34.1 Å². The van der Waals surface area contributed by atoms with E-state index < -0.39 is 0 Å². The first-order valence-corrected chi connectivity index (χ1v) is 7.83. The zero-order valence-electron chi connectivity index (χ0n) is 10.0. The molecule has 1 aliphatic rings. The Morgan fingerprint density at radius 2 is 2.00 bits per heavy atom. The van der Waals surface area contributed by atoms with Crippen molar-refractivity contribution in [3.8, 4) is 11.3 Å². The number of benzene rings is 1. The number of rotatable bonds is 3. The van der Waals surface area contributed by atoms with Crippen molar-refractivity contribution in [2.24, 2.45) is 5.73 Å². The molecule has 94 valence electrons. The van der Waals surface area contributed by atoms with Gasteiger partial charge >= 0.3 is 0 Å². The highest BCUT2D eigenvalue weighted by atomic mass is 79.9. The van der Waals surface area contributed by atoms with Crippen molar-refractivity contribution in [3.05, 3.63) is 39.1 Å². The molecule has 4 heteroatoms. The topological polar surface area (TPSA) is 38.9 Å². The lowest BCUT2D eigenvalue weighted by atomic mass is 9.69. The fourth-order valence-electron chi connectivity index (χ4n) is 2.38. The van der Waals surface area contributed by atoms with Crippen LogP contribution >= 0.6 is 27.3 Å². The van der Waals surface area contributed by atoms with Crippen LogP contribution in [0.4, 0.5) is 0 Å². The van der Waals surface area contributed by atoms with Crippen molar-refractivity contribution in [3.63, 3.8) is 0 Å². The molecular formula is C14H15BrN2S. The van der Waals surface area contributed by atoms with Crippen LogP contribution in [0.25, 0.3) is 11.3 Å². The maximum atomic E-state index is 5.93. The zero-order valence-corrected chi connectivity index (χ0v) is 12.4. The summed E-state index contributed by atoms with van der Waals surface area (Å²) in [5.41, 5.74) is 8.35. The van der Waals surface area contributed by atoms with Gasteiger partial charge in [0.2, 0.25) is 0 Å². The lowest BCUT2D eigenvalue weighted by molar-refractivity contribution is 0.252. The Balaban J connectivity index is 1.91. The minimum absolute atomic E-state index is 0.179. The van der Waals surface area contributed by atoms with Crippen molar-refractivity contribution in [1.29, 1.82) is 0 Å². The van der Waals surface area contributed by atoms with Gasteiger partial charge in [0.05, 0.1) is 5.69 Å². The largest absolute Gasteiger partial charge is 0.329 e. The van der Waals surface area contributed by atoms with Gasteiger partial charge in [-0.2, -0.15) is 0 Å². The van der Waals surface area contributed by atoms with Crippen LogP contribution in [0.5, 0.6) is 0 Å². The number of nitrogens with zero attached hydrogens (tertiary/aromatic N) is 1. The van der Waals surface area contributed by atoms with Crippen molar-refractivity contribution >= 4 is 27.3 Å². The molecule has 0 radical (unpaired) electrons. The molecule has 2 aromatic rings. The van der Waals surface area contributed by atoms with Gasteiger partial charge in [0, 0.05) is 27.4 Å². The minimum Gasteiger partial charge on any atom is -0.329 e. The van der Waals surface area contributed by atoms with Gasteiger partial charge in [-0.15, -0.1) is 11.3 Å². The van der Waals surface area contributed by atoms with E-state index in [0.29, 0.717) is 0 Å². The molecule has 3 rings (SSSR count). The van der Waals surface area contributed by atoms with Crippen LogP contribution < -0.4 is 5.73 Å². The quantitative estimate of drug-likeness (QED) is 0.929. The molecule has 0 saturated heterocycles. The van der Waals surface area contributed by atoms with E-state index in [4.69, 9.17) is 10.7 Å². The first-order valence-electron chi connectivity index (χ1n) is 6.15. The molecule has 18 heavy (non-hydrogen) atoms. The standard InChI is InChI=1S/C14H15BrN2S/c15-11-4-2-10(3-5-11)12-8-18-13(17-12)14(9-16)6-1-7-14/h2-5,8H,1,6-7,9,16H2. The Kier molecular flexibility index (Phi) is 3.26. The minimum atomic E-state index is 0.179. The number of thiazole rings is 1. The first kappa shape index (κ1) is 12.3. The summed E-state index contributed by atoms with van der Waals surface area (Å²) in [6, 6.07) is 8.30. The Bertz CT molecular complexity index is 538. The predicted molar refractivity (Wildman–Crippen MR) is 79.8 cm³/mol. The molecule has 1 aromatic carbocycles. The van der Waals surface area contributed by atoms with Gasteiger partial charge in [0.15, 0.2) is 0 Å². The molecule has 0 atom stereocenters. The SMILES string of the molecule is NCC1(c2nc(-c3ccc(Br)cc3)cs2)CCC1. The summed E-state index contributed by atoms with van der Waals surface area (Å²) in [5.74, 6) is 0. The van der Waals surface area contributed by atoms with E-state index >= 15 is 0 Å². The third-order valence-electron chi connectivity index (χ3n) is 3.80. The number of aromatic nitrogens is 1. The van der Waals surface area contributed by atoms with Crippen molar-refractivity contribution in [1.82, 2.24) is 4.98 Å². The molecule has 0 bridgehead atoms. The van der Waals surface area contributed by atoms with Crippen LogP contribution in [-0.2, 0) is 5.41 Å². The predicted octanol–water partition coefficient (Wildman–Crippen LogP) is 3.95. The third-order valence-corrected chi connectivity index (χ3v) is 5.42. The molecule has 2 nitrogen and oxygen atoms in total. The van der Waals surface area contributed by atoms with E-state index in [1.807, 2.05) is 0 Å². The molecule has 0 spiro atoms. The van der Waals surface area contributed by atoms with E-state index in [1.54, 1.807) is 11.3 Å². The number of hydrogen-bond acceptors (Lipinski definition) is 3. The van der Waals surface area contributed by atoms with E-state index in [0.717, 1.165) is 16.7 Å². The van der Waals surface area contributed by atoms with Crippen LogP contribution in [0.3, 0.4) is 0 Å². The fourth-order valence-corrected chi connectivity index (χ4v) is 3.74. The average Bonchev–Trinajstić information content (AvgIpc) is 2.79. The van der Waals surface area contributed by atoms with E-state index in [9.17, 15) is 0 Å². The highest BCUT2D eigenvalue weighted by molar-refractivity contribution is 9.10. The Labute approximate surface area is 119 Å². The van der Waals surface area contributed by atoms with Gasteiger partial charge in [-0.1, -0.05) is 34.5 Å². The summed E-state index contributed by atoms with van der Waals surface area (Å²) in [4.78, 5) is 4.80. The second kappa shape index (κ2) is 4.76. The summed E-state index contributed by atoms with van der Waals surface area (Å²) in [6.07, 6.45) is 3.66. The maximum absolute atomic E-state index is 5.93. The normalized spacial score (nSPS) is 17.4. The summed E-state index contributed by atoms with van der Waals surface area (Å²) < 4.78 is 1.10. The Morgan fingerprint density at radius 3 is 2.56 bits per heavy atom. The van der Waals surface area contributed by atoms with Gasteiger partial charge in [0.25, 0.3) is 0 Å². The summed E-state index contributed by atoms with van der Waals surface area (Å²) in [5, 5.41) is 3.36. The third kappa shape index (κ3) is 2.02. The molecule has 0 aliphatic heterocycles. The van der Waals surface area contributed by atoms with Crippen molar-refractivity contribution in [2.75, 3.05) is 6.54 Å². The Morgan fingerprint density at radius 1 is 1.28 bits per heavy atom. The van der Waals surface area contributed by atoms with Crippen LogP contribution in [-0.4, -0.2) is 11.5 Å². The van der Waals surface area contributed by atoms with Gasteiger partial charge in [-0.25, -0.2) is 4.98 Å². The average molecular weight is 323 g/mol. The van der Waals surface area contributed by atoms with Gasteiger partial charge in [-0.3, -0.25) is 0 Å². The number of hydrogen-bond donors (Lipinski definition) is 1. The fraction of sp³-hybridized carbons (Fsp3) is 0.357. The first-order chi connectivity index (χ1) is 8.73. The molecule has 1 heterocycles. The van der Waals surface area contributed by atoms with E-state index in [-0.39, 0.29) is 5.41 Å². The smallest absolute Gasteiger partial charge is 0.101 e. The Hall–Kier alpha value is -0.710. The molecule has 0 amide bonds. The lowest BCUT2D eigenvalue weighted by Gasteiger charge is -2.38. The number of nitrogens with two attached hydrogens (primary N) is 1. The molecule has 1 fully saturated rings. The van der Waals surface area contributed by atoms with Crippen molar-refractivity contribution < 1.29 is 0 Å². The zero-order chi connectivity index (χ0) is 12.6. The summed E-state index contributed by atoms with van der Waals surface area (Å²) in [7, 11) is 0. The molecule has 1 aliphatic carbocycles. The monoisotopic (exact) mass is 322 g/mol. The second-order valence-electron chi connectivity index (χ2n) is 4.88. The molecule has 2 N–H and O–H groups in total. The van der Waals surface area contributed by atoms with Gasteiger partial charge in [0.1, 0.15) is 5.01 Å². The van der Waals surface area contributed by atoms with Gasteiger partial charge in [-0.05, 0) is 25.0 Å². The molecular weight excluding hydrogens is 308 g/mol. The molecule has 1 aromatic heterocycles. The molecule has 1 saturated carbocycles. The second-order valence-corrected chi connectivity index (χ2v) is 6.66. The maximum Gasteiger partial charge on any atom is 0.101 e. The summed E-state index contributed by atoms with van der Waals surface area (Å²) >= 11 is 5.21. The highest BCUT2D eigenvalue weighted by Crippen LogP contribution is 2.44. The van der Waals surface area contributed by atoms with Crippen LogP contribution in [0.1, 0.15) is 24.3 Å². The number of halogens is 1. The van der Waals surface area contributed by atoms with Crippen LogP contribution in [0, 0.1) is 0 Å². The van der Waals surface area contributed by atoms with Gasteiger partial charge < -0.3 is 5.73 Å². The van der Waals surface area contributed by atoms with Crippen LogP contribution in [0.2, 0.25) is 0 Å². The summed E-state index contributed by atoms with van der Waals surface area (Å²) in [6.45, 7) is 0.723. The molecule has 0 unspecified atom stereocenters. The van der Waals surface area contributed by atoms with E-state index in [1.165, 1.54) is 29.8 Å². The van der Waals surface area contributed by atoms with Crippen molar-refractivity contribution in [2.45, 2.75) is 24.7 Å². The van der Waals surface area contributed by atoms with E-state index in [2.05, 4.69) is 45.6 Å². The lowest BCUT2D eigenvalue weighted by Crippen LogP contribution is -2.41.